The highest BCUT2D eigenvalue weighted by atomic mass is 32.2. The Balaban J connectivity index is 2.49. The summed E-state index contributed by atoms with van der Waals surface area (Å²) in [7, 11) is 4.10. The van der Waals surface area contributed by atoms with Gasteiger partial charge in [0.05, 0.1) is 6.61 Å². The number of hydrogen-bond donors (Lipinski definition) is 1. The van der Waals surface area contributed by atoms with E-state index in [-0.39, 0.29) is 6.61 Å². The molecule has 78 valence electrons. The van der Waals surface area contributed by atoms with Gasteiger partial charge in [-0.15, -0.1) is 11.8 Å². The number of aliphatic hydroxyl groups is 1. The number of hydrogen-bond acceptors (Lipinski definition) is 4. The van der Waals surface area contributed by atoms with E-state index < -0.39 is 0 Å². The van der Waals surface area contributed by atoms with Crippen LogP contribution in [0.1, 0.15) is 5.56 Å². The fourth-order valence-corrected chi connectivity index (χ4v) is 2.10. The van der Waals surface area contributed by atoms with Crippen molar-refractivity contribution in [1.29, 1.82) is 0 Å². The molecular weight excluding hydrogens is 196 g/mol. The normalized spacial score (nSPS) is 10.9. The van der Waals surface area contributed by atoms with Crippen LogP contribution in [0.4, 0.5) is 0 Å². The van der Waals surface area contributed by atoms with Crippen molar-refractivity contribution < 1.29 is 5.11 Å². The zero-order valence-electron chi connectivity index (χ0n) is 8.60. The first kappa shape index (κ1) is 11.5. The maximum Gasteiger partial charge on any atom is 0.101 e. The Morgan fingerprint density at radius 3 is 2.93 bits per heavy atom. The minimum absolute atomic E-state index is 0.0676. The number of aromatic nitrogens is 1. The summed E-state index contributed by atoms with van der Waals surface area (Å²) in [6.45, 7) is 1.09. The molecule has 0 fully saturated rings. The van der Waals surface area contributed by atoms with E-state index in [0.717, 1.165) is 22.9 Å². The highest BCUT2D eigenvalue weighted by Crippen LogP contribution is 2.19. The van der Waals surface area contributed by atoms with E-state index in [4.69, 9.17) is 5.11 Å². The van der Waals surface area contributed by atoms with Crippen LogP contribution in [0.5, 0.6) is 0 Å². The second-order valence-corrected chi connectivity index (χ2v) is 4.36. The van der Waals surface area contributed by atoms with Gasteiger partial charge >= 0.3 is 0 Å². The van der Waals surface area contributed by atoms with Gasteiger partial charge < -0.3 is 10.0 Å². The van der Waals surface area contributed by atoms with Gasteiger partial charge in [-0.25, -0.2) is 4.98 Å². The molecule has 14 heavy (non-hydrogen) atoms. The standard InChI is InChI=1S/C10H16N2OS/c1-12(2)6-7-14-10-9(8-13)4-3-5-11-10/h3-5,13H,6-8H2,1-2H3. The highest BCUT2D eigenvalue weighted by molar-refractivity contribution is 7.99. The van der Waals surface area contributed by atoms with E-state index in [0.29, 0.717) is 0 Å². The molecule has 1 heterocycles. The van der Waals surface area contributed by atoms with Crippen molar-refractivity contribution in [2.75, 3.05) is 26.4 Å². The second-order valence-electron chi connectivity index (χ2n) is 3.28. The van der Waals surface area contributed by atoms with Gasteiger partial charge in [-0.05, 0) is 20.2 Å². The first-order valence-corrected chi connectivity index (χ1v) is 5.55. The molecule has 0 saturated carbocycles. The Hall–Kier alpha value is -0.580. The van der Waals surface area contributed by atoms with Crippen molar-refractivity contribution in [3.8, 4) is 0 Å². The van der Waals surface area contributed by atoms with Gasteiger partial charge in [-0.3, -0.25) is 0 Å². The lowest BCUT2D eigenvalue weighted by Crippen LogP contribution is -2.14. The van der Waals surface area contributed by atoms with Crippen molar-refractivity contribution in [2.24, 2.45) is 0 Å². The molecule has 4 heteroatoms. The minimum atomic E-state index is 0.0676. The van der Waals surface area contributed by atoms with Crippen LogP contribution in [-0.4, -0.2) is 41.4 Å². The molecule has 0 aromatic carbocycles. The van der Waals surface area contributed by atoms with Gasteiger partial charge in [0.15, 0.2) is 0 Å². The van der Waals surface area contributed by atoms with E-state index in [1.54, 1.807) is 18.0 Å². The Morgan fingerprint density at radius 2 is 2.29 bits per heavy atom. The lowest BCUT2D eigenvalue weighted by Gasteiger charge is -2.09. The highest BCUT2D eigenvalue weighted by Gasteiger charge is 2.02. The van der Waals surface area contributed by atoms with Crippen LogP contribution in [0.3, 0.4) is 0 Å². The molecule has 0 spiro atoms. The second kappa shape index (κ2) is 6.01. The summed E-state index contributed by atoms with van der Waals surface area (Å²) in [5.74, 6) is 0.997. The van der Waals surface area contributed by atoms with Crippen molar-refractivity contribution in [1.82, 2.24) is 9.88 Å². The molecule has 0 bridgehead atoms. The Bertz CT molecular complexity index is 279. The average molecular weight is 212 g/mol. The molecule has 0 aliphatic rings. The number of pyridine rings is 1. The summed E-state index contributed by atoms with van der Waals surface area (Å²) < 4.78 is 0. The summed E-state index contributed by atoms with van der Waals surface area (Å²) >= 11 is 1.69. The third-order valence-electron chi connectivity index (χ3n) is 1.80. The largest absolute Gasteiger partial charge is 0.392 e. The Labute approximate surface area is 89.2 Å². The smallest absolute Gasteiger partial charge is 0.101 e. The van der Waals surface area contributed by atoms with Crippen LogP contribution in [0.15, 0.2) is 23.4 Å². The van der Waals surface area contributed by atoms with Crippen LogP contribution in [0, 0.1) is 0 Å². The van der Waals surface area contributed by atoms with Crippen LogP contribution in [0.2, 0.25) is 0 Å². The first-order valence-electron chi connectivity index (χ1n) is 4.56. The topological polar surface area (TPSA) is 36.4 Å². The summed E-state index contributed by atoms with van der Waals surface area (Å²) in [4.78, 5) is 6.36. The van der Waals surface area contributed by atoms with Gasteiger partial charge in [-0.2, -0.15) is 0 Å². The minimum Gasteiger partial charge on any atom is -0.392 e. The van der Waals surface area contributed by atoms with Crippen LogP contribution in [-0.2, 0) is 6.61 Å². The molecule has 1 rings (SSSR count). The monoisotopic (exact) mass is 212 g/mol. The maximum atomic E-state index is 9.06. The van der Waals surface area contributed by atoms with Gasteiger partial charge in [0.25, 0.3) is 0 Å². The van der Waals surface area contributed by atoms with Gasteiger partial charge in [-0.1, -0.05) is 6.07 Å². The average Bonchev–Trinajstić information content (AvgIpc) is 2.18. The van der Waals surface area contributed by atoms with Gasteiger partial charge in [0.2, 0.25) is 0 Å². The molecule has 1 aromatic heterocycles. The third kappa shape index (κ3) is 3.65. The first-order chi connectivity index (χ1) is 6.74. The summed E-state index contributed by atoms with van der Waals surface area (Å²) in [6.07, 6.45) is 1.76. The lowest BCUT2D eigenvalue weighted by molar-refractivity contribution is 0.278. The summed E-state index contributed by atoms with van der Waals surface area (Å²) in [6, 6.07) is 3.76. The number of thioether (sulfide) groups is 1. The molecule has 0 atom stereocenters. The molecule has 0 saturated heterocycles. The van der Waals surface area contributed by atoms with Gasteiger partial charge in [0, 0.05) is 24.1 Å². The van der Waals surface area contributed by atoms with E-state index in [1.807, 2.05) is 26.2 Å². The SMILES string of the molecule is CN(C)CCSc1ncccc1CO. The Morgan fingerprint density at radius 1 is 1.50 bits per heavy atom. The molecule has 0 aliphatic heterocycles. The maximum absolute atomic E-state index is 9.06. The summed E-state index contributed by atoms with van der Waals surface area (Å²) in [5.41, 5.74) is 0.913. The predicted octanol–water partition coefficient (Wildman–Crippen LogP) is 1.23. The van der Waals surface area contributed by atoms with Crippen LogP contribution < -0.4 is 0 Å². The van der Waals surface area contributed by atoms with Crippen LogP contribution in [0.25, 0.3) is 0 Å². The molecule has 1 aromatic rings. The van der Waals surface area contributed by atoms with Crippen molar-refractivity contribution >= 4 is 11.8 Å². The van der Waals surface area contributed by atoms with E-state index in [1.165, 1.54) is 0 Å². The van der Waals surface area contributed by atoms with E-state index in [9.17, 15) is 0 Å². The van der Waals surface area contributed by atoms with Crippen molar-refractivity contribution in [3.05, 3.63) is 23.9 Å². The molecule has 3 nitrogen and oxygen atoms in total. The van der Waals surface area contributed by atoms with E-state index >= 15 is 0 Å². The molecule has 0 unspecified atom stereocenters. The molecule has 0 amide bonds. The van der Waals surface area contributed by atoms with Crippen molar-refractivity contribution in [2.45, 2.75) is 11.6 Å². The van der Waals surface area contributed by atoms with Crippen LogP contribution >= 0.6 is 11.8 Å². The summed E-state index contributed by atoms with van der Waals surface area (Å²) in [5, 5.41) is 10.0. The molecule has 0 aliphatic carbocycles. The number of aliphatic hydroxyl groups excluding tert-OH is 1. The van der Waals surface area contributed by atoms with E-state index in [2.05, 4.69) is 9.88 Å². The fourth-order valence-electron chi connectivity index (χ4n) is 0.999. The molecule has 1 N–H and O–H groups in total. The Kier molecular flexibility index (Phi) is 4.93. The molecule has 0 radical (unpaired) electrons. The zero-order chi connectivity index (χ0) is 10.4. The van der Waals surface area contributed by atoms with Crippen molar-refractivity contribution in [3.63, 3.8) is 0 Å². The fraction of sp³-hybridized carbons (Fsp3) is 0.500. The lowest BCUT2D eigenvalue weighted by atomic mass is 10.3. The number of nitrogens with zero attached hydrogens (tertiary/aromatic N) is 2. The quantitative estimate of drug-likeness (QED) is 0.745. The predicted molar refractivity (Wildman–Crippen MR) is 59.4 cm³/mol. The zero-order valence-corrected chi connectivity index (χ0v) is 9.42. The molecular formula is C10H16N2OS. The number of rotatable bonds is 5. The third-order valence-corrected chi connectivity index (χ3v) is 2.83. The van der Waals surface area contributed by atoms with Gasteiger partial charge in [0.1, 0.15) is 5.03 Å².